The van der Waals surface area contributed by atoms with Crippen LogP contribution in [0.4, 0.5) is 11.4 Å². The Bertz CT molecular complexity index is 861. The summed E-state index contributed by atoms with van der Waals surface area (Å²) in [6.07, 6.45) is 8.82. The highest BCUT2D eigenvalue weighted by Crippen LogP contribution is 2.18. The van der Waals surface area contributed by atoms with E-state index < -0.39 is 0 Å². The Morgan fingerprint density at radius 3 is 2.89 bits per heavy atom. The molecule has 2 rings (SSSR count). The number of aromatic nitrogens is 1. The molecule has 0 saturated carbocycles. The number of allylic oxidation sites excluding steroid dienone is 1. The van der Waals surface area contributed by atoms with Gasteiger partial charge < -0.3 is 26.5 Å². The average molecular weight is 379 g/mol. The van der Waals surface area contributed by atoms with Gasteiger partial charge in [-0.15, -0.1) is 0 Å². The lowest BCUT2D eigenvalue weighted by molar-refractivity contribution is -0.111. The van der Waals surface area contributed by atoms with Crippen LogP contribution in [0.1, 0.15) is 18.1 Å². The van der Waals surface area contributed by atoms with Crippen LogP contribution in [0.25, 0.3) is 11.6 Å². The number of anilines is 2. The van der Waals surface area contributed by atoms with Crippen LogP contribution >= 0.6 is 0 Å². The number of rotatable bonds is 10. The molecule has 0 fully saturated rings. The first-order chi connectivity index (χ1) is 13.7. The standard InChI is InChI=1S/C21H25N5O2/c1-2-28-11-10-25-18-4-3-5-19(12-18)26-21(27)7-6-16-15-24-9-8-20(16)17(13-22)14-23/h3-9,12-15,22,25H,2,10-11,23H2,1H3,(H,26,27)/b7-6+,17-14+,22-13?. The van der Waals surface area contributed by atoms with E-state index in [4.69, 9.17) is 15.9 Å². The molecule has 0 saturated heterocycles. The first-order valence-corrected chi connectivity index (χ1v) is 8.95. The van der Waals surface area contributed by atoms with Gasteiger partial charge in [-0.1, -0.05) is 6.07 Å². The quantitative estimate of drug-likeness (QED) is 0.288. The maximum atomic E-state index is 12.3. The molecule has 1 heterocycles. The lowest BCUT2D eigenvalue weighted by Crippen LogP contribution is -2.10. The van der Waals surface area contributed by atoms with Crippen molar-refractivity contribution in [3.63, 3.8) is 0 Å². The number of ether oxygens (including phenoxy) is 1. The molecule has 2 aromatic rings. The molecule has 7 heteroatoms. The highest BCUT2D eigenvalue weighted by molar-refractivity contribution is 6.10. The summed E-state index contributed by atoms with van der Waals surface area (Å²) in [7, 11) is 0. The van der Waals surface area contributed by atoms with Gasteiger partial charge in [0.2, 0.25) is 5.91 Å². The molecule has 1 aromatic carbocycles. The van der Waals surface area contributed by atoms with Crippen LogP contribution in [0, 0.1) is 5.41 Å². The molecule has 0 bridgehead atoms. The summed E-state index contributed by atoms with van der Waals surface area (Å²) in [5.41, 5.74) is 9.13. The Balaban J connectivity index is 2.02. The summed E-state index contributed by atoms with van der Waals surface area (Å²) in [5.74, 6) is -0.269. The van der Waals surface area contributed by atoms with Gasteiger partial charge in [0.15, 0.2) is 0 Å². The predicted octanol–water partition coefficient (Wildman–Crippen LogP) is 3.13. The zero-order valence-corrected chi connectivity index (χ0v) is 15.8. The van der Waals surface area contributed by atoms with E-state index in [1.807, 2.05) is 31.2 Å². The Morgan fingerprint density at radius 1 is 1.32 bits per heavy atom. The number of hydrogen-bond donors (Lipinski definition) is 4. The van der Waals surface area contributed by atoms with Gasteiger partial charge in [0.25, 0.3) is 0 Å². The molecule has 1 amide bonds. The van der Waals surface area contributed by atoms with Gasteiger partial charge >= 0.3 is 0 Å². The molecule has 0 aliphatic rings. The van der Waals surface area contributed by atoms with Crippen molar-refractivity contribution in [3.05, 3.63) is 66.1 Å². The van der Waals surface area contributed by atoms with E-state index in [0.29, 0.717) is 36.6 Å². The third kappa shape index (κ3) is 6.37. The Morgan fingerprint density at radius 2 is 2.14 bits per heavy atom. The molecular formula is C21H25N5O2. The molecule has 7 nitrogen and oxygen atoms in total. The second-order valence-electron chi connectivity index (χ2n) is 5.76. The van der Waals surface area contributed by atoms with Gasteiger partial charge in [-0.25, -0.2) is 0 Å². The fraction of sp³-hybridized carbons (Fsp3) is 0.190. The predicted molar refractivity (Wildman–Crippen MR) is 114 cm³/mol. The second-order valence-corrected chi connectivity index (χ2v) is 5.76. The van der Waals surface area contributed by atoms with Crippen LogP contribution in [0.5, 0.6) is 0 Å². The van der Waals surface area contributed by atoms with E-state index in [0.717, 1.165) is 17.5 Å². The summed E-state index contributed by atoms with van der Waals surface area (Å²) in [6.45, 7) is 3.96. The first kappa shape index (κ1) is 20.9. The van der Waals surface area contributed by atoms with Crippen molar-refractivity contribution >= 4 is 35.1 Å². The number of nitrogens with one attached hydrogen (secondary N) is 3. The maximum Gasteiger partial charge on any atom is 0.248 e. The summed E-state index contributed by atoms with van der Waals surface area (Å²) >= 11 is 0. The van der Waals surface area contributed by atoms with Crippen molar-refractivity contribution in [2.75, 3.05) is 30.4 Å². The van der Waals surface area contributed by atoms with Crippen molar-refractivity contribution in [1.29, 1.82) is 5.41 Å². The Kier molecular flexibility index (Phi) is 8.42. The minimum atomic E-state index is -0.269. The van der Waals surface area contributed by atoms with Crippen LogP contribution in [0.2, 0.25) is 0 Å². The van der Waals surface area contributed by atoms with Crippen molar-refractivity contribution < 1.29 is 9.53 Å². The number of carbonyl (C=O) groups excluding carboxylic acids is 1. The topological polar surface area (TPSA) is 113 Å². The third-order valence-electron chi connectivity index (χ3n) is 3.82. The smallest absolute Gasteiger partial charge is 0.248 e. The second kappa shape index (κ2) is 11.3. The highest BCUT2D eigenvalue weighted by Gasteiger charge is 2.05. The van der Waals surface area contributed by atoms with Gasteiger partial charge in [0.05, 0.1) is 6.61 Å². The Labute approximate surface area is 164 Å². The van der Waals surface area contributed by atoms with Crippen molar-refractivity contribution in [1.82, 2.24) is 4.98 Å². The number of hydrogen-bond acceptors (Lipinski definition) is 6. The lowest BCUT2D eigenvalue weighted by atomic mass is 10.0. The normalized spacial score (nSPS) is 11.4. The number of carbonyl (C=O) groups is 1. The van der Waals surface area contributed by atoms with Crippen LogP contribution in [-0.4, -0.2) is 36.9 Å². The van der Waals surface area contributed by atoms with E-state index in [2.05, 4.69) is 15.6 Å². The van der Waals surface area contributed by atoms with Crippen LogP contribution < -0.4 is 16.4 Å². The minimum Gasteiger partial charge on any atom is -0.404 e. The van der Waals surface area contributed by atoms with Crippen molar-refractivity contribution in [3.8, 4) is 0 Å². The van der Waals surface area contributed by atoms with E-state index in [9.17, 15) is 4.79 Å². The van der Waals surface area contributed by atoms with Gasteiger partial charge in [0.1, 0.15) is 0 Å². The molecule has 1 aromatic heterocycles. The zero-order chi connectivity index (χ0) is 20.2. The molecule has 0 radical (unpaired) electrons. The maximum absolute atomic E-state index is 12.3. The molecule has 28 heavy (non-hydrogen) atoms. The summed E-state index contributed by atoms with van der Waals surface area (Å²) in [4.78, 5) is 16.3. The lowest BCUT2D eigenvalue weighted by Gasteiger charge is -2.09. The molecule has 0 unspecified atom stereocenters. The van der Waals surface area contributed by atoms with Crippen LogP contribution in [0.15, 0.2) is 55.0 Å². The van der Waals surface area contributed by atoms with Gasteiger partial charge in [-0.3, -0.25) is 9.78 Å². The third-order valence-corrected chi connectivity index (χ3v) is 3.82. The molecule has 0 aliphatic heterocycles. The SMILES string of the molecule is CCOCCNc1cccc(NC(=O)/C=C/c2cnccc2/C(C=N)=C/N)c1. The van der Waals surface area contributed by atoms with Crippen molar-refractivity contribution in [2.45, 2.75) is 6.92 Å². The molecule has 146 valence electrons. The molecule has 0 atom stereocenters. The first-order valence-electron chi connectivity index (χ1n) is 8.95. The van der Waals surface area contributed by atoms with E-state index in [1.54, 1.807) is 24.5 Å². The summed E-state index contributed by atoms with van der Waals surface area (Å²) < 4.78 is 5.29. The number of pyridine rings is 1. The van der Waals surface area contributed by atoms with E-state index in [-0.39, 0.29) is 5.91 Å². The summed E-state index contributed by atoms with van der Waals surface area (Å²) in [5, 5.41) is 13.5. The molecular weight excluding hydrogens is 354 g/mol. The van der Waals surface area contributed by atoms with Crippen molar-refractivity contribution in [2.24, 2.45) is 5.73 Å². The van der Waals surface area contributed by atoms with Crippen LogP contribution in [0.3, 0.4) is 0 Å². The van der Waals surface area contributed by atoms with Gasteiger partial charge in [-0.05, 0) is 42.8 Å². The van der Waals surface area contributed by atoms with E-state index in [1.165, 1.54) is 12.3 Å². The summed E-state index contributed by atoms with van der Waals surface area (Å²) in [6, 6.07) is 9.22. The largest absolute Gasteiger partial charge is 0.404 e. The average Bonchev–Trinajstić information content (AvgIpc) is 2.72. The molecule has 0 aliphatic carbocycles. The number of nitrogens with zero attached hydrogens (tertiary/aromatic N) is 1. The van der Waals surface area contributed by atoms with Gasteiger partial charge in [-0.2, -0.15) is 0 Å². The fourth-order valence-corrected chi connectivity index (χ4v) is 2.49. The monoisotopic (exact) mass is 379 g/mol. The Hall–Kier alpha value is -3.45. The fourth-order valence-electron chi connectivity index (χ4n) is 2.49. The number of amides is 1. The van der Waals surface area contributed by atoms with Gasteiger partial charge in [0, 0.05) is 66.5 Å². The zero-order valence-electron chi connectivity index (χ0n) is 15.8. The van der Waals surface area contributed by atoms with Crippen LogP contribution in [-0.2, 0) is 9.53 Å². The molecule has 5 N–H and O–H groups in total. The number of benzene rings is 1. The number of nitrogens with two attached hydrogens (primary N) is 1. The van der Waals surface area contributed by atoms with E-state index >= 15 is 0 Å². The molecule has 0 spiro atoms. The highest BCUT2D eigenvalue weighted by atomic mass is 16.5. The minimum absolute atomic E-state index is 0.269.